The number of unbranched alkanes of at least 4 members (excludes halogenated alkanes) is 3. The molecule has 3 aromatic rings. The number of allylic oxidation sites excluding steroid dienone is 7. The van der Waals surface area contributed by atoms with Crippen molar-refractivity contribution in [3.63, 3.8) is 0 Å². The van der Waals surface area contributed by atoms with Crippen LogP contribution < -0.4 is 15.0 Å². The van der Waals surface area contributed by atoms with Crippen molar-refractivity contribution in [3.05, 3.63) is 131 Å². The summed E-state index contributed by atoms with van der Waals surface area (Å²) in [7, 11) is -18.2. The molecule has 76 heavy (non-hydrogen) atoms. The lowest BCUT2D eigenvalue weighted by atomic mass is 9.81. The van der Waals surface area contributed by atoms with Gasteiger partial charge in [0.1, 0.15) is 28.2 Å². The van der Waals surface area contributed by atoms with Crippen molar-refractivity contribution in [3.8, 4) is 5.75 Å². The van der Waals surface area contributed by atoms with Gasteiger partial charge in [-0.15, -0.1) is 0 Å². The molecule has 0 fully saturated rings. The Labute approximate surface area is 443 Å². The number of fused-ring (bicyclic) bond motifs is 2. The molecule has 0 radical (unpaired) electrons. The van der Waals surface area contributed by atoms with Gasteiger partial charge in [0.2, 0.25) is 11.6 Å². The maximum absolute atomic E-state index is 12.7. The van der Waals surface area contributed by atoms with Crippen molar-refractivity contribution in [2.75, 3.05) is 36.8 Å². The summed E-state index contributed by atoms with van der Waals surface area (Å²) in [5, 5.41) is 2.74. The molecule has 3 aliphatic heterocycles. The fourth-order valence-corrected chi connectivity index (χ4v) is 12.0. The normalized spacial score (nSPS) is 18.7. The van der Waals surface area contributed by atoms with E-state index in [1.807, 2.05) is 61.5 Å². The van der Waals surface area contributed by atoms with Crippen molar-refractivity contribution in [2.45, 2.75) is 111 Å². The van der Waals surface area contributed by atoms with E-state index < -0.39 is 68.9 Å². The molecule has 20 nitrogen and oxygen atoms in total. The number of hydrogen-bond acceptors (Lipinski definition) is 14. The summed E-state index contributed by atoms with van der Waals surface area (Å²) in [6, 6.07) is 13.7. The third kappa shape index (κ3) is 13.3. The number of nitrogens with one attached hydrogen (secondary N) is 1. The molecule has 24 heteroatoms. The second-order valence-electron chi connectivity index (χ2n) is 19.9. The van der Waals surface area contributed by atoms with E-state index in [4.69, 9.17) is 4.74 Å². The zero-order valence-electron chi connectivity index (χ0n) is 42.3. The maximum atomic E-state index is 12.7. The number of benzene rings is 3. The molecule has 4 N–H and O–H groups in total. The Kier molecular flexibility index (Phi) is 17.0. The van der Waals surface area contributed by atoms with Gasteiger partial charge in [0.25, 0.3) is 42.2 Å². The predicted molar refractivity (Wildman–Crippen MR) is 280 cm³/mol. The third-order valence-electron chi connectivity index (χ3n) is 13.9. The summed E-state index contributed by atoms with van der Waals surface area (Å²) in [5.74, 6) is -0.931. The number of ether oxygens (including phenoxy) is 1. The molecule has 0 atom stereocenters. The van der Waals surface area contributed by atoms with Crippen LogP contribution in [-0.4, -0.2) is 117 Å². The minimum absolute atomic E-state index is 0.0507. The Morgan fingerprint density at radius 3 is 2.01 bits per heavy atom. The summed E-state index contributed by atoms with van der Waals surface area (Å²) in [6.07, 6.45) is 13.9. The minimum Gasteiger partial charge on any atom is -0.744 e. The Hall–Kier alpha value is -6.12. The molecule has 0 saturated heterocycles. The molecule has 3 aromatic carbocycles. The molecule has 3 heterocycles. The molecule has 408 valence electrons. The highest BCUT2D eigenvalue weighted by Crippen LogP contribution is 2.49. The van der Waals surface area contributed by atoms with Crippen LogP contribution in [0.1, 0.15) is 96.6 Å². The molecule has 0 aromatic heterocycles. The molecule has 0 unspecified atom stereocenters. The van der Waals surface area contributed by atoms with Crippen LogP contribution in [0.4, 0.5) is 11.4 Å². The van der Waals surface area contributed by atoms with Crippen molar-refractivity contribution >= 4 is 75.3 Å². The molecule has 0 saturated carbocycles. The van der Waals surface area contributed by atoms with E-state index in [1.54, 1.807) is 12.1 Å². The number of carbonyl (C=O) groups excluding carboxylic acids is 3. The van der Waals surface area contributed by atoms with Crippen LogP contribution in [0.2, 0.25) is 0 Å². The van der Waals surface area contributed by atoms with Crippen molar-refractivity contribution in [2.24, 2.45) is 0 Å². The molecular formula is C52H60N4O16S4. The molecule has 4 aliphatic rings. The van der Waals surface area contributed by atoms with Gasteiger partial charge in [-0.25, -0.2) is 8.42 Å². The number of hydrogen-bond donors (Lipinski definition) is 4. The predicted octanol–water partition coefficient (Wildman–Crippen LogP) is 6.41. The zero-order valence-corrected chi connectivity index (χ0v) is 45.5. The molecule has 1 aliphatic carbocycles. The molecule has 7 rings (SSSR count). The SMILES string of the molecule is CC1(C)C(/C=C/C2=C(Oc3ccc(S(=O)(=O)O)cc3)C(=C/C=C3/N(CCCCS(=O)(=O)O)c4ccc(S(=O)(=O)O)cc4C3(C)C)/CCC2)=[N+](CCCCCC(=O)NCCN2C(=O)C=CC2=O)c2ccc(S(=O)(=O)[O-])cc21. The van der Waals surface area contributed by atoms with Gasteiger partial charge >= 0.3 is 0 Å². The molecular weight excluding hydrogens is 1060 g/mol. The van der Waals surface area contributed by atoms with Crippen LogP contribution in [-0.2, 0) is 65.7 Å². The summed E-state index contributed by atoms with van der Waals surface area (Å²) in [4.78, 5) is 38.3. The van der Waals surface area contributed by atoms with Gasteiger partial charge in [-0.2, -0.15) is 29.8 Å². The lowest BCUT2D eigenvalue weighted by Crippen LogP contribution is -2.38. The first-order chi connectivity index (χ1) is 35.5. The summed E-state index contributed by atoms with van der Waals surface area (Å²) < 4.78 is 146. The number of nitrogens with zero attached hydrogens (tertiary/aromatic N) is 3. The van der Waals surface area contributed by atoms with E-state index in [-0.39, 0.29) is 58.8 Å². The first-order valence-electron chi connectivity index (χ1n) is 24.5. The van der Waals surface area contributed by atoms with Crippen molar-refractivity contribution < 1.29 is 75.6 Å². The number of imide groups is 1. The minimum atomic E-state index is -4.82. The lowest BCUT2D eigenvalue weighted by molar-refractivity contribution is -0.438. The van der Waals surface area contributed by atoms with Crippen molar-refractivity contribution in [1.29, 1.82) is 0 Å². The summed E-state index contributed by atoms with van der Waals surface area (Å²) in [5.41, 5.74) is 3.62. The van der Waals surface area contributed by atoms with Crippen LogP contribution in [0.3, 0.4) is 0 Å². The highest BCUT2D eigenvalue weighted by Gasteiger charge is 2.45. The van der Waals surface area contributed by atoms with Crippen LogP contribution in [0, 0.1) is 0 Å². The van der Waals surface area contributed by atoms with Crippen LogP contribution in [0.5, 0.6) is 5.75 Å². The van der Waals surface area contributed by atoms with Crippen LogP contribution >= 0.6 is 0 Å². The quantitative estimate of drug-likeness (QED) is 0.0365. The second kappa shape index (κ2) is 22.5. The molecule has 3 amide bonds. The average molecular weight is 1130 g/mol. The van der Waals surface area contributed by atoms with Gasteiger partial charge in [-0.1, -0.05) is 19.9 Å². The van der Waals surface area contributed by atoms with E-state index >= 15 is 0 Å². The number of rotatable bonds is 22. The van der Waals surface area contributed by atoms with E-state index in [0.29, 0.717) is 96.6 Å². The first kappa shape index (κ1) is 57.6. The number of carbonyl (C=O) groups is 3. The van der Waals surface area contributed by atoms with Crippen LogP contribution in [0.25, 0.3) is 0 Å². The van der Waals surface area contributed by atoms with E-state index in [1.165, 1.54) is 60.7 Å². The fourth-order valence-electron chi connectivity index (χ4n) is 9.95. The average Bonchev–Trinajstić information content (AvgIpc) is 3.85. The second-order valence-corrected chi connectivity index (χ2v) is 25.7. The summed E-state index contributed by atoms with van der Waals surface area (Å²) in [6.45, 7) is 8.44. The van der Waals surface area contributed by atoms with E-state index in [2.05, 4.69) is 5.32 Å². The highest BCUT2D eigenvalue weighted by atomic mass is 32.2. The third-order valence-corrected chi connectivity index (χ3v) is 17.2. The Morgan fingerprint density at radius 2 is 1.37 bits per heavy atom. The molecule has 0 spiro atoms. The summed E-state index contributed by atoms with van der Waals surface area (Å²) >= 11 is 0. The smallest absolute Gasteiger partial charge is 0.294 e. The van der Waals surface area contributed by atoms with Gasteiger partial charge in [-0.3, -0.25) is 32.9 Å². The van der Waals surface area contributed by atoms with Gasteiger partial charge in [0, 0.05) is 79.1 Å². The Balaban J connectivity index is 1.24. The lowest BCUT2D eigenvalue weighted by Gasteiger charge is -2.27. The van der Waals surface area contributed by atoms with E-state index in [9.17, 15) is 66.3 Å². The first-order valence-corrected chi connectivity index (χ1v) is 30.4. The van der Waals surface area contributed by atoms with Gasteiger partial charge in [-0.05, 0) is 142 Å². The fraction of sp³-hybridized carbons (Fsp3) is 0.385. The monoisotopic (exact) mass is 1120 g/mol. The number of amides is 3. The van der Waals surface area contributed by atoms with Gasteiger partial charge < -0.3 is 19.5 Å². The Morgan fingerprint density at radius 1 is 0.724 bits per heavy atom. The Bertz CT molecular complexity index is 3480. The highest BCUT2D eigenvalue weighted by molar-refractivity contribution is 7.86. The molecule has 0 bridgehead atoms. The zero-order chi connectivity index (χ0) is 55.6. The standard InChI is InChI=1S/C52H60N4O16S4/c1-51(2)41-33-39(75(66,67)68)20-22-43(41)54(29-7-5-6-13-47(57)53-28-31-56-48(58)26-27-49(56)59)45(51)24-14-35-11-10-12-36(50(35)72-37-16-18-38(19-17-37)74(63,64)65)15-25-46-52(3,4)42-34-40(76(69,70)71)21-23-44(42)55(46)30-8-9-32-73(60,61)62/h14-27,33-34H,5-13,28-32H2,1-4H3,(H4-,53,57,60,61,62,63,64,65,66,67,68,69,70,71). The topological polar surface area (TPSA) is 302 Å². The van der Waals surface area contributed by atoms with Crippen LogP contribution in [0.15, 0.2) is 134 Å². The van der Waals surface area contributed by atoms with E-state index in [0.717, 1.165) is 10.6 Å². The number of anilines is 1. The maximum Gasteiger partial charge on any atom is 0.294 e. The largest absolute Gasteiger partial charge is 0.744 e. The van der Waals surface area contributed by atoms with Gasteiger partial charge in [0.05, 0.1) is 25.9 Å². The van der Waals surface area contributed by atoms with Crippen molar-refractivity contribution in [1.82, 2.24) is 10.2 Å². The van der Waals surface area contributed by atoms with Gasteiger partial charge in [0.15, 0.2) is 5.71 Å².